The molecule has 1 amide bonds. The number of rotatable bonds is 4. The zero-order chi connectivity index (χ0) is 25.8. The lowest BCUT2D eigenvalue weighted by atomic mass is 9.49. The van der Waals surface area contributed by atoms with Crippen LogP contribution in [-0.4, -0.2) is 48.0 Å². The maximum absolute atomic E-state index is 13.5. The third kappa shape index (κ3) is 4.05. The van der Waals surface area contributed by atoms with E-state index in [1.54, 1.807) is 18.2 Å². The van der Waals surface area contributed by atoms with Crippen LogP contribution in [0.1, 0.15) is 61.2 Å². The highest BCUT2D eigenvalue weighted by molar-refractivity contribution is 6.31. The number of halogens is 1. The molecule has 0 radical (unpaired) electrons. The molecule has 0 N–H and O–H groups in total. The Balaban J connectivity index is 1.31. The van der Waals surface area contributed by atoms with Crippen LogP contribution >= 0.6 is 11.6 Å². The molecule has 2 aromatic rings. The highest BCUT2D eigenvalue weighted by Crippen LogP contribution is 2.59. The lowest BCUT2D eigenvalue weighted by molar-refractivity contribution is -0.199. The van der Waals surface area contributed by atoms with Gasteiger partial charge in [-0.1, -0.05) is 51.1 Å². The first-order valence-electron chi connectivity index (χ1n) is 12.5. The molecule has 186 valence electrons. The molecule has 2 fully saturated rings. The second kappa shape index (κ2) is 8.84. The van der Waals surface area contributed by atoms with Gasteiger partial charge in [-0.15, -0.1) is 0 Å². The first kappa shape index (κ1) is 24.7. The molecule has 5 rings (SSSR count). The van der Waals surface area contributed by atoms with Crippen LogP contribution in [0.25, 0.3) is 0 Å². The summed E-state index contributed by atoms with van der Waals surface area (Å²) in [6, 6.07) is 13.2. The quantitative estimate of drug-likeness (QED) is 0.530. The highest BCUT2D eigenvalue weighted by Gasteiger charge is 2.66. The summed E-state index contributed by atoms with van der Waals surface area (Å²) in [5, 5.41) is 9.53. The highest BCUT2D eigenvalue weighted by atomic mass is 35.5. The first-order chi connectivity index (χ1) is 17.0. The van der Waals surface area contributed by atoms with Gasteiger partial charge in [-0.2, -0.15) is 5.26 Å². The van der Waals surface area contributed by atoms with Crippen molar-refractivity contribution in [1.29, 1.82) is 5.26 Å². The number of ether oxygens (including phenoxy) is 1. The maximum atomic E-state index is 13.5. The lowest BCUT2D eigenvalue weighted by Crippen LogP contribution is -2.74. The van der Waals surface area contributed by atoms with Crippen molar-refractivity contribution in [3.05, 3.63) is 63.7 Å². The standard InChI is InChI=1S/C30H32ClN3O2/c1-29(2)27(30(3,4)28(29)36-23-11-10-21(15-32)25(31)14-23)34-18-22-13-19(9-12-24(22)26(34)35)7-6-8-20-16-33(5)17-20/h9-14,20,27-28H,8,16-18H2,1-5H3/t27-,28-. The summed E-state index contributed by atoms with van der Waals surface area (Å²) in [6.07, 6.45) is 0.797. The van der Waals surface area contributed by atoms with Gasteiger partial charge in [0.2, 0.25) is 0 Å². The largest absolute Gasteiger partial charge is 0.489 e. The van der Waals surface area contributed by atoms with Crippen LogP contribution in [0.15, 0.2) is 36.4 Å². The van der Waals surface area contributed by atoms with Crippen LogP contribution in [0.4, 0.5) is 0 Å². The molecule has 2 aliphatic heterocycles. The molecule has 0 atom stereocenters. The minimum Gasteiger partial charge on any atom is -0.489 e. The Labute approximate surface area is 219 Å². The Morgan fingerprint density at radius 2 is 1.83 bits per heavy atom. The third-order valence-electron chi connectivity index (χ3n) is 8.09. The van der Waals surface area contributed by atoms with Crippen LogP contribution < -0.4 is 4.74 Å². The number of hydrogen-bond donors (Lipinski definition) is 0. The van der Waals surface area contributed by atoms with Crippen LogP contribution in [0.2, 0.25) is 5.02 Å². The molecule has 1 saturated carbocycles. The lowest BCUT2D eigenvalue weighted by Gasteiger charge is -2.65. The van der Waals surface area contributed by atoms with Gasteiger partial charge in [0, 0.05) is 60.1 Å². The van der Waals surface area contributed by atoms with E-state index in [9.17, 15) is 4.79 Å². The van der Waals surface area contributed by atoms with Crippen molar-refractivity contribution in [3.8, 4) is 23.7 Å². The van der Waals surface area contributed by atoms with Crippen LogP contribution in [-0.2, 0) is 6.54 Å². The van der Waals surface area contributed by atoms with Gasteiger partial charge in [0.05, 0.1) is 10.6 Å². The molecule has 3 aliphatic rings. The normalized spacial score (nSPS) is 24.1. The number of nitriles is 1. The maximum Gasteiger partial charge on any atom is 0.254 e. The first-order valence-corrected chi connectivity index (χ1v) is 12.9. The molecule has 2 aromatic carbocycles. The summed E-state index contributed by atoms with van der Waals surface area (Å²) < 4.78 is 6.41. The second-order valence-corrected chi connectivity index (χ2v) is 12.1. The predicted octanol–water partition coefficient (Wildman–Crippen LogP) is 5.35. The molecule has 0 bridgehead atoms. The fourth-order valence-corrected chi connectivity index (χ4v) is 7.11. The second-order valence-electron chi connectivity index (χ2n) is 11.7. The number of carbonyl (C=O) groups is 1. The van der Waals surface area contributed by atoms with E-state index in [2.05, 4.69) is 63.6 Å². The minimum absolute atomic E-state index is 0.00824. The van der Waals surface area contributed by atoms with Crippen molar-refractivity contribution >= 4 is 17.5 Å². The van der Waals surface area contributed by atoms with E-state index in [1.807, 2.05) is 17.0 Å². The van der Waals surface area contributed by atoms with E-state index in [-0.39, 0.29) is 28.9 Å². The Kier molecular flexibility index (Phi) is 6.06. The van der Waals surface area contributed by atoms with Crippen LogP contribution in [0.3, 0.4) is 0 Å². The summed E-state index contributed by atoms with van der Waals surface area (Å²) in [4.78, 5) is 17.8. The van der Waals surface area contributed by atoms with Crippen molar-refractivity contribution in [2.75, 3.05) is 20.1 Å². The van der Waals surface area contributed by atoms with Gasteiger partial charge in [-0.3, -0.25) is 4.79 Å². The average molecular weight is 502 g/mol. The Hall–Kier alpha value is -2.99. The SMILES string of the molecule is CN1CC(CC#Cc2ccc3c(c2)CN([C@H]2C(C)(C)[C@H](Oc4ccc(C#N)c(Cl)c4)C2(C)C)C3=O)C1. The Bertz CT molecular complexity index is 1310. The summed E-state index contributed by atoms with van der Waals surface area (Å²) in [5.41, 5.74) is 2.66. The summed E-state index contributed by atoms with van der Waals surface area (Å²) in [6.45, 7) is 11.5. The molecule has 0 spiro atoms. The summed E-state index contributed by atoms with van der Waals surface area (Å²) in [5.74, 6) is 8.02. The van der Waals surface area contributed by atoms with Crippen molar-refractivity contribution in [2.24, 2.45) is 16.7 Å². The fourth-order valence-electron chi connectivity index (χ4n) is 6.90. The number of hydrogen-bond acceptors (Lipinski definition) is 4. The number of benzene rings is 2. The van der Waals surface area contributed by atoms with Gasteiger partial charge in [-0.25, -0.2) is 0 Å². The van der Waals surface area contributed by atoms with E-state index in [0.29, 0.717) is 28.8 Å². The Morgan fingerprint density at radius 1 is 1.11 bits per heavy atom. The fraction of sp³-hybridized carbons (Fsp3) is 0.467. The molecule has 6 heteroatoms. The van der Waals surface area contributed by atoms with Gasteiger partial charge in [0.25, 0.3) is 5.91 Å². The predicted molar refractivity (Wildman–Crippen MR) is 141 cm³/mol. The van der Waals surface area contributed by atoms with Crippen molar-refractivity contribution in [3.63, 3.8) is 0 Å². The van der Waals surface area contributed by atoms with E-state index in [4.69, 9.17) is 21.6 Å². The molecule has 36 heavy (non-hydrogen) atoms. The van der Waals surface area contributed by atoms with Gasteiger partial charge >= 0.3 is 0 Å². The average Bonchev–Trinajstić information content (AvgIpc) is 3.10. The molecular weight excluding hydrogens is 470 g/mol. The molecule has 1 aliphatic carbocycles. The molecule has 0 unspecified atom stereocenters. The van der Waals surface area contributed by atoms with Crippen molar-refractivity contribution in [2.45, 2.75) is 52.8 Å². The number of amides is 1. The summed E-state index contributed by atoms with van der Waals surface area (Å²) >= 11 is 6.23. The smallest absolute Gasteiger partial charge is 0.254 e. The van der Waals surface area contributed by atoms with E-state index < -0.39 is 0 Å². The monoisotopic (exact) mass is 501 g/mol. The summed E-state index contributed by atoms with van der Waals surface area (Å²) in [7, 11) is 2.13. The zero-order valence-electron chi connectivity index (χ0n) is 21.6. The van der Waals surface area contributed by atoms with Crippen LogP contribution in [0, 0.1) is 39.9 Å². The topological polar surface area (TPSA) is 56.6 Å². The van der Waals surface area contributed by atoms with E-state index in [1.165, 1.54) is 0 Å². The van der Waals surface area contributed by atoms with Gasteiger partial charge in [0.15, 0.2) is 0 Å². The van der Waals surface area contributed by atoms with Gasteiger partial charge in [-0.05, 0) is 48.9 Å². The van der Waals surface area contributed by atoms with Crippen LogP contribution in [0.5, 0.6) is 5.75 Å². The minimum atomic E-state index is -0.278. The zero-order valence-corrected chi connectivity index (χ0v) is 22.3. The van der Waals surface area contributed by atoms with Crippen molar-refractivity contribution < 1.29 is 9.53 Å². The molecule has 1 saturated heterocycles. The molecular formula is C30H32ClN3O2. The third-order valence-corrected chi connectivity index (χ3v) is 8.40. The van der Waals surface area contributed by atoms with Gasteiger partial charge in [0.1, 0.15) is 17.9 Å². The number of nitrogens with zero attached hydrogens (tertiary/aromatic N) is 3. The Morgan fingerprint density at radius 3 is 2.47 bits per heavy atom. The van der Waals surface area contributed by atoms with Crippen molar-refractivity contribution in [1.82, 2.24) is 9.80 Å². The number of carbonyl (C=O) groups excluding carboxylic acids is 1. The molecule has 5 nitrogen and oxygen atoms in total. The number of fused-ring (bicyclic) bond motifs is 1. The molecule has 0 aromatic heterocycles. The number of likely N-dealkylation sites (tertiary alicyclic amines) is 1. The van der Waals surface area contributed by atoms with E-state index in [0.717, 1.165) is 36.2 Å². The van der Waals surface area contributed by atoms with E-state index >= 15 is 0 Å². The molecule has 2 heterocycles. The van der Waals surface area contributed by atoms with Gasteiger partial charge < -0.3 is 14.5 Å².